The Balaban J connectivity index is 1.94. The average molecular weight is 270 g/mol. The average Bonchev–Trinajstić information content (AvgIpc) is 2.80. The summed E-state index contributed by atoms with van der Waals surface area (Å²) in [6, 6.07) is -0.883. The SMILES string of the molecule is O=C(O)C[C@@]12O[C@H]3CCCN[C@H]3[C@@H]1CN[C@H]2C(=O)O. The van der Waals surface area contributed by atoms with E-state index < -0.39 is 23.6 Å². The molecule has 3 heterocycles. The maximum atomic E-state index is 11.4. The largest absolute Gasteiger partial charge is 0.481 e. The van der Waals surface area contributed by atoms with Gasteiger partial charge in [0.25, 0.3) is 0 Å². The van der Waals surface area contributed by atoms with Crippen LogP contribution in [0.1, 0.15) is 19.3 Å². The third kappa shape index (κ3) is 1.84. The van der Waals surface area contributed by atoms with Gasteiger partial charge < -0.3 is 25.6 Å². The van der Waals surface area contributed by atoms with Crippen LogP contribution in [-0.4, -0.2) is 59.0 Å². The molecule has 0 bridgehead atoms. The first-order valence-corrected chi connectivity index (χ1v) is 6.64. The number of fused-ring (bicyclic) bond motifs is 3. The van der Waals surface area contributed by atoms with E-state index in [4.69, 9.17) is 9.84 Å². The molecule has 0 aromatic carbocycles. The summed E-state index contributed by atoms with van der Waals surface area (Å²) < 4.78 is 5.98. The van der Waals surface area contributed by atoms with E-state index in [0.29, 0.717) is 6.54 Å². The van der Waals surface area contributed by atoms with Gasteiger partial charge in [-0.25, -0.2) is 0 Å². The summed E-state index contributed by atoms with van der Waals surface area (Å²) >= 11 is 0. The van der Waals surface area contributed by atoms with Gasteiger partial charge in [-0.2, -0.15) is 0 Å². The van der Waals surface area contributed by atoms with E-state index in [1.165, 1.54) is 0 Å². The van der Waals surface area contributed by atoms with Crippen LogP contribution in [0.2, 0.25) is 0 Å². The Kier molecular flexibility index (Phi) is 2.99. The van der Waals surface area contributed by atoms with E-state index in [1.807, 2.05) is 0 Å². The van der Waals surface area contributed by atoms with E-state index in [1.54, 1.807) is 0 Å². The van der Waals surface area contributed by atoms with Crippen LogP contribution in [0.3, 0.4) is 0 Å². The van der Waals surface area contributed by atoms with Crippen molar-refractivity contribution in [1.29, 1.82) is 0 Å². The summed E-state index contributed by atoms with van der Waals surface area (Å²) in [6.07, 6.45) is 1.50. The highest BCUT2D eigenvalue weighted by atomic mass is 16.5. The normalized spacial score (nSPS) is 44.6. The van der Waals surface area contributed by atoms with Gasteiger partial charge in [0.2, 0.25) is 0 Å². The van der Waals surface area contributed by atoms with Crippen LogP contribution in [0.4, 0.5) is 0 Å². The van der Waals surface area contributed by atoms with Crippen molar-refractivity contribution in [1.82, 2.24) is 10.6 Å². The highest BCUT2D eigenvalue weighted by Crippen LogP contribution is 2.46. The number of ether oxygens (including phenoxy) is 1. The lowest BCUT2D eigenvalue weighted by Gasteiger charge is -2.31. The fourth-order valence-electron chi connectivity index (χ4n) is 3.90. The molecule has 4 N–H and O–H groups in total. The molecule has 0 radical (unpaired) electrons. The zero-order chi connectivity index (χ0) is 13.6. The van der Waals surface area contributed by atoms with Crippen LogP contribution in [0, 0.1) is 5.92 Å². The van der Waals surface area contributed by atoms with Gasteiger partial charge in [0.05, 0.1) is 12.5 Å². The first kappa shape index (κ1) is 12.8. The van der Waals surface area contributed by atoms with Crippen LogP contribution in [0.15, 0.2) is 0 Å². The predicted molar refractivity (Wildman–Crippen MR) is 63.8 cm³/mol. The van der Waals surface area contributed by atoms with Gasteiger partial charge in [-0.15, -0.1) is 0 Å². The van der Waals surface area contributed by atoms with Crippen molar-refractivity contribution in [3.63, 3.8) is 0 Å². The summed E-state index contributed by atoms with van der Waals surface area (Å²) in [5.74, 6) is -2.16. The van der Waals surface area contributed by atoms with Crippen LogP contribution < -0.4 is 10.6 Å². The van der Waals surface area contributed by atoms with Crippen LogP contribution in [-0.2, 0) is 14.3 Å². The molecule has 3 fully saturated rings. The molecule has 3 aliphatic heterocycles. The maximum absolute atomic E-state index is 11.4. The van der Waals surface area contributed by atoms with Crippen molar-refractivity contribution < 1.29 is 24.5 Å². The molecule has 3 saturated heterocycles. The summed E-state index contributed by atoms with van der Waals surface area (Å²) in [4.78, 5) is 22.5. The first-order chi connectivity index (χ1) is 9.04. The van der Waals surface area contributed by atoms with Crippen molar-refractivity contribution in [2.75, 3.05) is 13.1 Å². The van der Waals surface area contributed by atoms with Gasteiger partial charge in [-0.3, -0.25) is 9.59 Å². The first-order valence-electron chi connectivity index (χ1n) is 6.64. The minimum absolute atomic E-state index is 0.0601. The Morgan fingerprint density at radius 2 is 2.11 bits per heavy atom. The molecule has 0 saturated carbocycles. The quantitative estimate of drug-likeness (QED) is 0.522. The fourth-order valence-corrected chi connectivity index (χ4v) is 3.90. The number of carboxylic acids is 2. The molecule has 19 heavy (non-hydrogen) atoms. The molecule has 0 aromatic heterocycles. The van der Waals surface area contributed by atoms with Crippen LogP contribution in [0.25, 0.3) is 0 Å². The van der Waals surface area contributed by atoms with Crippen molar-refractivity contribution in [2.45, 2.75) is 43.1 Å². The number of hydrogen-bond acceptors (Lipinski definition) is 5. The van der Waals surface area contributed by atoms with Crippen molar-refractivity contribution in [2.24, 2.45) is 5.92 Å². The Morgan fingerprint density at radius 1 is 1.32 bits per heavy atom. The topological polar surface area (TPSA) is 108 Å². The monoisotopic (exact) mass is 270 g/mol. The van der Waals surface area contributed by atoms with Crippen LogP contribution in [0.5, 0.6) is 0 Å². The molecule has 0 amide bonds. The van der Waals surface area contributed by atoms with Gasteiger partial charge in [0.15, 0.2) is 0 Å². The van der Waals surface area contributed by atoms with Crippen molar-refractivity contribution >= 4 is 11.9 Å². The lowest BCUT2D eigenvalue weighted by atomic mass is 9.79. The third-order valence-corrected chi connectivity index (χ3v) is 4.58. The second-order valence-corrected chi connectivity index (χ2v) is 5.59. The molecular weight excluding hydrogens is 252 g/mol. The smallest absolute Gasteiger partial charge is 0.323 e. The van der Waals surface area contributed by atoms with E-state index in [9.17, 15) is 14.7 Å². The van der Waals surface area contributed by atoms with E-state index in [-0.39, 0.29) is 24.5 Å². The van der Waals surface area contributed by atoms with Gasteiger partial charge >= 0.3 is 11.9 Å². The molecule has 0 aromatic rings. The summed E-state index contributed by atoms with van der Waals surface area (Å²) in [5.41, 5.74) is -1.12. The number of hydrogen-bond donors (Lipinski definition) is 4. The molecular formula is C12H18N2O5. The standard InChI is InChI=1S/C12H18N2O5/c15-8(16)4-12-6(5-14-10(12)11(17)18)9-7(19-12)2-1-3-13-9/h6-7,9-10,13-14H,1-5H2,(H,15,16)(H,17,18)/t6-,7-,9-,10-,12+/m0/s1. The molecule has 5 atom stereocenters. The second kappa shape index (κ2) is 4.43. The minimum atomic E-state index is -1.12. The molecule has 0 spiro atoms. The van der Waals surface area contributed by atoms with E-state index in [2.05, 4.69) is 10.6 Å². The zero-order valence-electron chi connectivity index (χ0n) is 10.5. The lowest BCUT2D eigenvalue weighted by molar-refractivity contribution is -0.157. The molecule has 7 nitrogen and oxygen atoms in total. The number of carboxylic acid groups (broad SMARTS) is 2. The van der Waals surface area contributed by atoms with Gasteiger partial charge in [-0.1, -0.05) is 0 Å². The second-order valence-electron chi connectivity index (χ2n) is 5.59. The molecule has 106 valence electrons. The highest BCUT2D eigenvalue weighted by molar-refractivity contribution is 5.79. The van der Waals surface area contributed by atoms with E-state index >= 15 is 0 Å². The van der Waals surface area contributed by atoms with Gasteiger partial charge in [-0.05, 0) is 19.4 Å². The lowest BCUT2D eigenvalue weighted by Crippen LogP contribution is -2.52. The number of carbonyl (C=O) groups is 2. The minimum Gasteiger partial charge on any atom is -0.481 e. The predicted octanol–water partition coefficient (Wildman–Crippen LogP) is -0.977. The Hall–Kier alpha value is -1.18. The molecule has 3 rings (SSSR count). The van der Waals surface area contributed by atoms with Crippen LogP contribution >= 0.6 is 0 Å². The molecule has 0 unspecified atom stereocenters. The van der Waals surface area contributed by atoms with Gasteiger partial charge in [0.1, 0.15) is 11.6 Å². The van der Waals surface area contributed by atoms with E-state index in [0.717, 1.165) is 19.4 Å². The summed E-state index contributed by atoms with van der Waals surface area (Å²) in [5, 5.41) is 24.7. The number of rotatable bonds is 3. The Morgan fingerprint density at radius 3 is 2.79 bits per heavy atom. The Bertz CT molecular complexity index is 415. The van der Waals surface area contributed by atoms with Crippen molar-refractivity contribution in [3.8, 4) is 0 Å². The molecule has 3 aliphatic rings. The van der Waals surface area contributed by atoms with Gasteiger partial charge in [0, 0.05) is 18.5 Å². The highest BCUT2D eigenvalue weighted by Gasteiger charge is 2.64. The number of aliphatic carboxylic acids is 2. The Labute approximate surface area is 110 Å². The fraction of sp³-hybridized carbons (Fsp3) is 0.833. The molecule has 7 heteroatoms. The summed E-state index contributed by atoms with van der Waals surface area (Å²) in [6.45, 7) is 1.36. The number of piperidine rings is 1. The zero-order valence-corrected chi connectivity index (χ0v) is 10.5. The number of nitrogens with one attached hydrogen (secondary N) is 2. The summed E-state index contributed by atoms with van der Waals surface area (Å²) in [7, 11) is 0. The maximum Gasteiger partial charge on any atom is 0.323 e. The third-order valence-electron chi connectivity index (χ3n) is 4.58. The van der Waals surface area contributed by atoms with Crippen molar-refractivity contribution in [3.05, 3.63) is 0 Å². The molecule has 0 aliphatic carbocycles.